The summed E-state index contributed by atoms with van der Waals surface area (Å²) in [4.78, 5) is 0. The molecule has 0 aromatic heterocycles. The zero-order valence-electron chi connectivity index (χ0n) is 40.9. The van der Waals surface area contributed by atoms with Crippen molar-refractivity contribution < 1.29 is 0 Å². The second-order valence-electron chi connectivity index (χ2n) is 22.3. The highest BCUT2D eigenvalue weighted by Gasteiger charge is 2.30. The first kappa shape index (κ1) is 55.0. The van der Waals surface area contributed by atoms with Gasteiger partial charge in [0.05, 0.1) is 0 Å². The highest BCUT2D eigenvalue weighted by molar-refractivity contribution is 4.82. The monoisotopic (exact) mass is 773 g/mol. The molecule has 0 aliphatic heterocycles. The molecule has 55 heavy (non-hydrogen) atoms. The van der Waals surface area contributed by atoms with Crippen LogP contribution in [0.5, 0.6) is 0 Å². The van der Waals surface area contributed by atoms with Crippen LogP contribution in [0.4, 0.5) is 0 Å². The van der Waals surface area contributed by atoms with Crippen LogP contribution in [0.3, 0.4) is 0 Å². The minimum Gasteiger partial charge on any atom is -0.0654 e. The average Bonchev–Trinajstić information content (AvgIpc) is 3.12. The molecule has 0 aliphatic rings. The molecule has 0 radical (unpaired) electrons. The van der Waals surface area contributed by atoms with Crippen molar-refractivity contribution in [2.75, 3.05) is 0 Å². The van der Waals surface area contributed by atoms with E-state index >= 15 is 0 Å². The SMILES string of the molecule is CCCCCCCCCCCCCCCCCC(C)CCC(C)(CCC(C)(C)CCCC(C)(C)C)CC(C)CCCCCCCCCCCCCCCCC. The minimum atomic E-state index is 0.468. The summed E-state index contributed by atoms with van der Waals surface area (Å²) in [5, 5.41) is 0. The van der Waals surface area contributed by atoms with Crippen molar-refractivity contribution >= 4 is 0 Å². The Morgan fingerprint density at radius 3 is 0.964 bits per heavy atom. The number of hydrogen-bond donors (Lipinski definition) is 0. The Labute approximate surface area is 352 Å². The largest absolute Gasteiger partial charge is 0.0654 e. The molecular formula is C55H112. The van der Waals surface area contributed by atoms with Crippen LogP contribution in [0.15, 0.2) is 0 Å². The van der Waals surface area contributed by atoms with Crippen LogP contribution in [0.25, 0.3) is 0 Å². The maximum atomic E-state index is 2.71. The summed E-state index contributed by atoms with van der Waals surface area (Å²) in [6.07, 6.45) is 58.3. The Morgan fingerprint density at radius 2 is 0.618 bits per heavy atom. The molecule has 0 rings (SSSR count). The van der Waals surface area contributed by atoms with Gasteiger partial charge in [-0.05, 0) is 66.6 Å². The maximum absolute atomic E-state index is 2.71. The minimum absolute atomic E-state index is 0.468. The van der Waals surface area contributed by atoms with Gasteiger partial charge in [-0.25, -0.2) is 0 Å². The topological polar surface area (TPSA) is 0 Å². The Hall–Kier alpha value is 0. The standard InChI is InChI=1S/C55H112/c1-11-13-15-17-19-21-23-25-27-29-31-33-35-37-39-42-51(3)44-47-55(10,49-48-54(8,9)46-41-45-53(5,6)7)50-52(4)43-40-38-36-34-32-30-28-26-24-22-20-18-16-14-12-2/h51-52H,11-50H2,1-10H3. The van der Waals surface area contributed by atoms with Gasteiger partial charge in [-0.1, -0.05) is 288 Å². The number of unbranched alkanes of at least 4 members (excludes halogenated alkanes) is 28. The summed E-state index contributed by atoms with van der Waals surface area (Å²) in [6.45, 7) is 24.9. The fourth-order valence-corrected chi connectivity index (χ4v) is 9.60. The number of hydrogen-bond acceptors (Lipinski definition) is 0. The highest BCUT2D eigenvalue weighted by atomic mass is 14.4. The highest BCUT2D eigenvalue weighted by Crippen LogP contribution is 2.43. The number of rotatable bonds is 43. The van der Waals surface area contributed by atoms with Crippen molar-refractivity contribution in [3.05, 3.63) is 0 Å². The lowest BCUT2D eigenvalue weighted by molar-refractivity contribution is 0.147. The van der Waals surface area contributed by atoms with Crippen LogP contribution in [-0.2, 0) is 0 Å². The lowest BCUT2D eigenvalue weighted by atomic mass is 9.68. The van der Waals surface area contributed by atoms with E-state index in [-0.39, 0.29) is 0 Å². The van der Waals surface area contributed by atoms with Gasteiger partial charge in [0.25, 0.3) is 0 Å². The zero-order valence-corrected chi connectivity index (χ0v) is 40.9. The molecular weight excluding hydrogens is 661 g/mol. The summed E-state index contributed by atoms with van der Waals surface area (Å²) in [5.41, 5.74) is 1.46. The Bertz CT molecular complexity index is 754. The molecule has 0 N–H and O–H groups in total. The average molecular weight is 774 g/mol. The van der Waals surface area contributed by atoms with E-state index < -0.39 is 0 Å². The molecule has 0 heterocycles. The summed E-state index contributed by atoms with van der Waals surface area (Å²) < 4.78 is 0. The van der Waals surface area contributed by atoms with E-state index in [0.29, 0.717) is 16.2 Å². The fraction of sp³-hybridized carbons (Fsp3) is 1.00. The molecule has 3 atom stereocenters. The molecule has 0 saturated carbocycles. The zero-order chi connectivity index (χ0) is 40.9. The third-order valence-corrected chi connectivity index (χ3v) is 13.9. The Morgan fingerprint density at radius 1 is 0.291 bits per heavy atom. The lowest BCUT2D eigenvalue weighted by Gasteiger charge is -2.37. The molecule has 332 valence electrons. The van der Waals surface area contributed by atoms with Crippen LogP contribution < -0.4 is 0 Å². The molecule has 0 saturated heterocycles. The predicted octanol–water partition coefficient (Wildman–Crippen LogP) is 21.0. The van der Waals surface area contributed by atoms with Gasteiger partial charge < -0.3 is 0 Å². The first-order chi connectivity index (χ1) is 26.3. The molecule has 0 spiro atoms. The first-order valence-electron chi connectivity index (χ1n) is 26.3. The second-order valence-corrected chi connectivity index (χ2v) is 22.3. The summed E-state index contributed by atoms with van der Waals surface area (Å²) >= 11 is 0. The molecule has 0 heteroatoms. The smallest absolute Gasteiger partial charge is 0.0323 e. The van der Waals surface area contributed by atoms with Crippen molar-refractivity contribution in [2.24, 2.45) is 28.1 Å². The normalized spacial score (nSPS) is 14.7. The van der Waals surface area contributed by atoms with Gasteiger partial charge in [0.15, 0.2) is 0 Å². The van der Waals surface area contributed by atoms with Gasteiger partial charge in [-0.15, -0.1) is 0 Å². The van der Waals surface area contributed by atoms with E-state index in [0.717, 1.165) is 11.8 Å². The van der Waals surface area contributed by atoms with Crippen LogP contribution in [0.1, 0.15) is 326 Å². The van der Waals surface area contributed by atoms with Gasteiger partial charge in [0.2, 0.25) is 0 Å². The van der Waals surface area contributed by atoms with Crippen molar-refractivity contribution in [3.8, 4) is 0 Å². The van der Waals surface area contributed by atoms with Crippen LogP contribution >= 0.6 is 0 Å². The third kappa shape index (κ3) is 40.6. The molecule has 0 aromatic rings. The van der Waals surface area contributed by atoms with Crippen molar-refractivity contribution in [1.29, 1.82) is 0 Å². The van der Waals surface area contributed by atoms with Gasteiger partial charge >= 0.3 is 0 Å². The van der Waals surface area contributed by atoms with E-state index in [1.807, 2.05) is 0 Å². The summed E-state index contributed by atoms with van der Waals surface area (Å²) in [6, 6.07) is 0. The van der Waals surface area contributed by atoms with Crippen molar-refractivity contribution in [1.82, 2.24) is 0 Å². The van der Waals surface area contributed by atoms with Crippen LogP contribution in [-0.4, -0.2) is 0 Å². The van der Waals surface area contributed by atoms with Crippen molar-refractivity contribution in [2.45, 2.75) is 326 Å². The molecule has 0 bridgehead atoms. The molecule has 0 fully saturated rings. The summed E-state index contributed by atoms with van der Waals surface area (Å²) in [5.74, 6) is 1.77. The second kappa shape index (κ2) is 37.0. The Kier molecular flexibility index (Phi) is 37.0. The molecule has 0 aliphatic carbocycles. The summed E-state index contributed by atoms with van der Waals surface area (Å²) in [7, 11) is 0. The van der Waals surface area contributed by atoms with E-state index in [2.05, 4.69) is 69.2 Å². The molecule has 0 amide bonds. The fourth-order valence-electron chi connectivity index (χ4n) is 9.60. The molecule has 0 nitrogen and oxygen atoms in total. The van der Waals surface area contributed by atoms with Crippen molar-refractivity contribution in [3.63, 3.8) is 0 Å². The van der Waals surface area contributed by atoms with E-state index in [1.54, 1.807) is 0 Å². The van der Waals surface area contributed by atoms with Crippen LogP contribution in [0, 0.1) is 28.1 Å². The molecule has 3 unspecified atom stereocenters. The van der Waals surface area contributed by atoms with Gasteiger partial charge in [0.1, 0.15) is 0 Å². The van der Waals surface area contributed by atoms with Crippen LogP contribution in [0.2, 0.25) is 0 Å². The first-order valence-corrected chi connectivity index (χ1v) is 26.3. The van der Waals surface area contributed by atoms with E-state index in [1.165, 1.54) is 257 Å². The third-order valence-electron chi connectivity index (χ3n) is 13.9. The quantitative estimate of drug-likeness (QED) is 0.0542. The van der Waals surface area contributed by atoms with E-state index in [9.17, 15) is 0 Å². The molecule has 0 aromatic carbocycles. The van der Waals surface area contributed by atoms with Gasteiger partial charge in [0, 0.05) is 0 Å². The Balaban J connectivity index is 4.42. The maximum Gasteiger partial charge on any atom is -0.0323 e. The van der Waals surface area contributed by atoms with Gasteiger partial charge in [-0.3, -0.25) is 0 Å². The predicted molar refractivity (Wildman–Crippen MR) is 256 cm³/mol. The van der Waals surface area contributed by atoms with Gasteiger partial charge in [-0.2, -0.15) is 0 Å². The van der Waals surface area contributed by atoms with E-state index in [4.69, 9.17) is 0 Å². The lowest BCUT2D eigenvalue weighted by Crippen LogP contribution is -2.24.